The average molecular weight is 529 g/mol. The number of halogens is 17. The van der Waals surface area contributed by atoms with E-state index >= 15 is 0 Å². The van der Waals surface area contributed by atoms with Gasteiger partial charge in [0, 0.05) is 0 Å². The van der Waals surface area contributed by atoms with Gasteiger partial charge in [-0.05, 0) is 6.42 Å². The Morgan fingerprint density at radius 3 is 1.30 bits per heavy atom. The Kier molecular flexibility index (Phi) is 6.85. The van der Waals surface area contributed by atoms with Gasteiger partial charge in [-0.15, -0.1) is 0 Å². The Bertz CT molecular complexity index is 835. The molecule has 0 aromatic carbocycles. The summed E-state index contributed by atoms with van der Waals surface area (Å²) in [6.07, 6.45) is -7.40. The monoisotopic (exact) mass is 529 g/mol. The topological polar surface area (TPSA) is 8.81 Å². The summed E-state index contributed by atoms with van der Waals surface area (Å²) in [6, 6.07) is -6.60. The second kappa shape index (κ2) is 7.78. The highest BCUT2D eigenvalue weighted by Crippen LogP contribution is 2.64. The van der Waals surface area contributed by atoms with E-state index in [4.69, 9.17) is 0 Å². The van der Waals surface area contributed by atoms with Crippen LogP contribution < -0.4 is 4.57 Å². The highest BCUT2D eigenvalue weighted by atomic mass is 19.4. The predicted octanol–water partition coefficient (Wildman–Crippen LogP) is 6.11. The second-order valence-electron chi connectivity index (χ2n) is 6.54. The molecule has 0 spiro atoms. The summed E-state index contributed by atoms with van der Waals surface area (Å²) >= 11 is 0. The van der Waals surface area contributed by atoms with E-state index in [0.29, 0.717) is 10.8 Å². The molecule has 33 heavy (non-hydrogen) atoms. The maximum absolute atomic E-state index is 13.9. The molecule has 194 valence electrons. The van der Waals surface area contributed by atoms with Crippen LogP contribution in [-0.2, 0) is 12.6 Å². The molecule has 0 aliphatic heterocycles. The lowest BCUT2D eigenvalue weighted by Gasteiger charge is -2.41. The first kappa shape index (κ1) is 29.1. The summed E-state index contributed by atoms with van der Waals surface area (Å²) in [5.41, 5.74) is 0. The van der Waals surface area contributed by atoms with E-state index in [1.54, 1.807) is 0 Å². The molecule has 0 aliphatic carbocycles. The van der Waals surface area contributed by atoms with Crippen molar-refractivity contribution in [1.29, 1.82) is 0 Å². The molecular weight excluding hydrogens is 519 g/mol. The molecule has 0 aliphatic rings. The van der Waals surface area contributed by atoms with Gasteiger partial charge in [-0.1, -0.05) is 6.92 Å². The summed E-state index contributed by atoms with van der Waals surface area (Å²) < 4.78 is 224. The van der Waals surface area contributed by atoms with Crippen molar-refractivity contribution >= 4 is 0 Å². The summed E-state index contributed by atoms with van der Waals surface area (Å²) in [5.74, 6) is -49.9. The lowest BCUT2D eigenvalue weighted by atomic mass is 9.90. The van der Waals surface area contributed by atoms with Crippen molar-refractivity contribution < 1.29 is 79.2 Å². The number of hydrogen-bond acceptors (Lipinski definition) is 0. The number of imidazole rings is 1. The number of aromatic nitrogens is 2. The first-order valence-electron chi connectivity index (χ1n) is 8.08. The fourth-order valence-electron chi connectivity index (χ4n) is 2.27. The Morgan fingerprint density at radius 2 is 0.939 bits per heavy atom. The van der Waals surface area contributed by atoms with Crippen LogP contribution in [0, 0.1) is 0 Å². The van der Waals surface area contributed by atoms with Crippen LogP contribution in [0.5, 0.6) is 0 Å². The van der Waals surface area contributed by atoms with Gasteiger partial charge in [0.05, 0.1) is 6.54 Å². The van der Waals surface area contributed by atoms with Crippen LogP contribution in [0.3, 0.4) is 0 Å². The van der Waals surface area contributed by atoms with Crippen LogP contribution in [-0.4, -0.2) is 46.3 Å². The largest absolute Gasteiger partial charge is 0.469 e. The SMILES string of the molecule is CCC[n+]1ccn(C(F)(F)C(F)(F)C(F)(F)C(F)(F)C(F)(F)C(F)(F)C(F)(F)C(F)(F)F)c1. The van der Waals surface area contributed by atoms with Crippen molar-refractivity contribution in [1.82, 2.24) is 4.57 Å². The zero-order valence-corrected chi connectivity index (χ0v) is 15.5. The third-order valence-electron chi connectivity index (χ3n) is 4.20. The smallest absolute Gasteiger partial charge is 0.237 e. The maximum Gasteiger partial charge on any atom is 0.469 e. The molecule has 0 bridgehead atoms. The second-order valence-corrected chi connectivity index (χ2v) is 6.54. The maximum atomic E-state index is 13.9. The van der Waals surface area contributed by atoms with Crippen molar-refractivity contribution in [3.63, 3.8) is 0 Å². The van der Waals surface area contributed by atoms with Gasteiger partial charge < -0.3 is 0 Å². The predicted molar refractivity (Wildman–Crippen MR) is 70.8 cm³/mol. The van der Waals surface area contributed by atoms with Gasteiger partial charge in [0.2, 0.25) is 6.33 Å². The lowest BCUT2D eigenvalue weighted by Crippen LogP contribution is -2.74. The van der Waals surface area contributed by atoms with Gasteiger partial charge in [-0.3, -0.25) is 0 Å². The molecule has 1 aromatic rings. The molecule has 0 atom stereocenters. The molecular formula is C14H10F17N2+. The lowest BCUT2D eigenvalue weighted by molar-refractivity contribution is -0.697. The Morgan fingerprint density at radius 1 is 0.576 bits per heavy atom. The highest BCUT2D eigenvalue weighted by Gasteiger charge is 2.96. The molecule has 0 fully saturated rings. The van der Waals surface area contributed by atoms with Crippen LogP contribution in [0.15, 0.2) is 18.7 Å². The molecule has 1 heterocycles. The molecule has 0 saturated heterocycles. The van der Waals surface area contributed by atoms with Gasteiger partial charge in [-0.2, -0.15) is 79.2 Å². The van der Waals surface area contributed by atoms with E-state index in [-0.39, 0.29) is 25.5 Å². The Balaban J connectivity index is 3.65. The third kappa shape index (κ3) is 3.77. The number of aryl methyl sites for hydroxylation is 1. The molecule has 0 unspecified atom stereocenters. The van der Waals surface area contributed by atoms with Crippen molar-refractivity contribution in [3.05, 3.63) is 18.7 Å². The van der Waals surface area contributed by atoms with E-state index in [2.05, 4.69) is 0 Å². The summed E-state index contributed by atoms with van der Waals surface area (Å²) in [5, 5.41) is 0. The standard InChI is InChI=1S/C14H10F17N2/c1-2-3-32-4-5-33(6-32)14(30,31)12(25,26)10(21,22)8(17,18)7(15,16)9(19,20)11(23,24)13(27,28)29/h4-6H,2-3H2,1H3/q+1. The van der Waals surface area contributed by atoms with Gasteiger partial charge in [0.25, 0.3) is 0 Å². The van der Waals surface area contributed by atoms with Crippen LogP contribution in [0.25, 0.3) is 0 Å². The van der Waals surface area contributed by atoms with Gasteiger partial charge in [0.15, 0.2) is 0 Å². The fraction of sp³-hybridized carbons (Fsp3) is 0.786. The van der Waals surface area contributed by atoms with E-state index in [9.17, 15) is 74.6 Å². The fourth-order valence-corrected chi connectivity index (χ4v) is 2.27. The number of alkyl halides is 17. The molecule has 1 rings (SSSR count). The van der Waals surface area contributed by atoms with Crippen molar-refractivity contribution in [2.45, 2.75) is 67.6 Å². The normalized spacial score (nSPS) is 15.8. The van der Waals surface area contributed by atoms with Crippen LogP contribution in [0.4, 0.5) is 74.6 Å². The third-order valence-corrected chi connectivity index (χ3v) is 4.20. The van der Waals surface area contributed by atoms with Gasteiger partial charge >= 0.3 is 47.8 Å². The Labute approximate surface area is 171 Å². The van der Waals surface area contributed by atoms with E-state index < -0.39 is 52.3 Å². The number of rotatable bonds is 9. The molecule has 0 radical (unpaired) electrons. The zero-order chi connectivity index (χ0) is 26.7. The quantitative estimate of drug-likeness (QED) is 0.270. The minimum absolute atomic E-state index is 0.101. The average Bonchev–Trinajstić information content (AvgIpc) is 3.09. The Hall–Kier alpha value is -1.98. The highest BCUT2D eigenvalue weighted by molar-refractivity contribution is 5.14. The molecule has 19 heteroatoms. The van der Waals surface area contributed by atoms with E-state index in [0.717, 1.165) is 0 Å². The summed E-state index contributed by atoms with van der Waals surface area (Å²) in [6.45, 7) is 1.14. The molecule has 2 nitrogen and oxygen atoms in total. The van der Waals surface area contributed by atoms with Gasteiger partial charge in [-0.25, -0.2) is 4.57 Å². The summed E-state index contributed by atoms with van der Waals surface area (Å²) in [7, 11) is 0. The van der Waals surface area contributed by atoms with Crippen molar-refractivity contribution in [2.24, 2.45) is 0 Å². The van der Waals surface area contributed by atoms with Crippen molar-refractivity contribution in [2.75, 3.05) is 0 Å². The van der Waals surface area contributed by atoms with Crippen molar-refractivity contribution in [3.8, 4) is 0 Å². The molecule has 1 aromatic heterocycles. The molecule has 0 saturated carbocycles. The molecule has 0 amide bonds. The van der Waals surface area contributed by atoms with Crippen LogP contribution >= 0.6 is 0 Å². The first-order valence-corrected chi connectivity index (χ1v) is 8.08. The zero-order valence-electron chi connectivity index (χ0n) is 15.5. The van der Waals surface area contributed by atoms with E-state index in [1.807, 2.05) is 0 Å². The first-order chi connectivity index (χ1) is 14.3. The molecule has 0 N–H and O–H groups in total. The van der Waals surface area contributed by atoms with Crippen LogP contribution in [0.2, 0.25) is 0 Å². The van der Waals surface area contributed by atoms with Crippen LogP contribution in [0.1, 0.15) is 13.3 Å². The van der Waals surface area contributed by atoms with Gasteiger partial charge in [0.1, 0.15) is 12.4 Å². The summed E-state index contributed by atoms with van der Waals surface area (Å²) in [4.78, 5) is 0. The number of hydrogen-bond donors (Lipinski definition) is 0. The number of nitrogens with zero attached hydrogens (tertiary/aromatic N) is 2. The minimum Gasteiger partial charge on any atom is -0.237 e. The minimum atomic E-state index is -8.62. The van der Waals surface area contributed by atoms with E-state index in [1.165, 1.54) is 6.92 Å².